The minimum Gasteiger partial charge on any atom is -0.318 e. The minimum absolute atomic E-state index is 0.440. The van der Waals surface area contributed by atoms with Crippen molar-refractivity contribution in [2.75, 3.05) is 0 Å². The zero-order valence-electron chi connectivity index (χ0n) is 9.33. The zero-order valence-corrected chi connectivity index (χ0v) is 11.7. The summed E-state index contributed by atoms with van der Waals surface area (Å²) in [7, 11) is 0. The first-order valence-corrected chi connectivity index (χ1v) is 6.79. The molecule has 1 aromatic heterocycles. The normalized spacial score (nSPS) is 14.8. The average molecular weight is 296 g/mol. The van der Waals surface area contributed by atoms with Crippen LogP contribution in [0.1, 0.15) is 22.9 Å². The minimum atomic E-state index is -0.440. The van der Waals surface area contributed by atoms with Crippen LogP contribution in [0.5, 0.6) is 0 Å². The zero-order chi connectivity index (χ0) is 11.8. The van der Waals surface area contributed by atoms with Gasteiger partial charge in [0.1, 0.15) is 0 Å². The van der Waals surface area contributed by atoms with Crippen molar-refractivity contribution in [2.45, 2.75) is 19.4 Å². The third-order valence-corrected chi connectivity index (χ3v) is 4.39. The van der Waals surface area contributed by atoms with E-state index in [-0.39, 0.29) is 0 Å². The number of benzene rings is 1. The first-order valence-electron chi connectivity index (χ1n) is 5.12. The third-order valence-electron chi connectivity index (χ3n) is 2.85. The summed E-state index contributed by atoms with van der Waals surface area (Å²) in [4.78, 5) is 1.28. The molecule has 2 rings (SSSR count). The van der Waals surface area contributed by atoms with E-state index in [9.17, 15) is 0 Å². The van der Waals surface area contributed by atoms with E-state index < -0.39 is 5.54 Å². The molecule has 1 nitrogen and oxygen atoms in total. The Balaban J connectivity index is 2.55. The van der Waals surface area contributed by atoms with Gasteiger partial charge < -0.3 is 5.73 Å². The molecule has 1 unspecified atom stereocenters. The van der Waals surface area contributed by atoms with Crippen molar-refractivity contribution >= 4 is 27.3 Å². The maximum absolute atomic E-state index is 6.48. The molecule has 2 N–H and O–H groups in total. The fraction of sp³-hybridized carbons (Fsp3) is 0.231. The molecule has 3 heteroatoms. The monoisotopic (exact) mass is 295 g/mol. The number of aryl methyl sites for hydroxylation is 1. The van der Waals surface area contributed by atoms with E-state index in [0.717, 1.165) is 10.0 Å². The Morgan fingerprint density at radius 2 is 1.88 bits per heavy atom. The smallest absolute Gasteiger partial charge is 0.0658 e. The summed E-state index contributed by atoms with van der Waals surface area (Å²) in [6, 6.07) is 10.2. The summed E-state index contributed by atoms with van der Waals surface area (Å²) in [5.41, 5.74) is 8.36. The van der Waals surface area contributed by atoms with Crippen LogP contribution in [0.3, 0.4) is 0 Å². The van der Waals surface area contributed by atoms with Gasteiger partial charge in [-0.1, -0.05) is 34.1 Å². The molecule has 0 aliphatic heterocycles. The Bertz CT molecular complexity index is 502. The van der Waals surface area contributed by atoms with Gasteiger partial charge in [-0.25, -0.2) is 0 Å². The van der Waals surface area contributed by atoms with Gasteiger partial charge in [-0.2, -0.15) is 0 Å². The van der Waals surface area contributed by atoms with Gasteiger partial charge in [-0.05, 0) is 42.5 Å². The lowest BCUT2D eigenvalue weighted by molar-refractivity contribution is 0.599. The van der Waals surface area contributed by atoms with E-state index in [1.165, 1.54) is 10.4 Å². The van der Waals surface area contributed by atoms with E-state index in [0.29, 0.717) is 0 Å². The van der Waals surface area contributed by atoms with E-state index >= 15 is 0 Å². The predicted molar refractivity (Wildman–Crippen MR) is 73.8 cm³/mol. The van der Waals surface area contributed by atoms with Crippen LogP contribution in [0.2, 0.25) is 0 Å². The number of rotatable bonds is 2. The fourth-order valence-electron chi connectivity index (χ4n) is 1.95. The van der Waals surface area contributed by atoms with E-state index in [4.69, 9.17) is 5.73 Å². The maximum atomic E-state index is 6.48. The molecule has 0 amide bonds. The van der Waals surface area contributed by atoms with Crippen molar-refractivity contribution in [1.82, 2.24) is 0 Å². The standard InChI is InChI=1S/C13H14BrNS/c1-9-10(7-8-16-9)13(2,15)11-5-3-4-6-12(11)14/h3-8H,15H2,1-2H3. The SMILES string of the molecule is Cc1sccc1C(C)(N)c1ccccc1Br. The van der Waals surface area contributed by atoms with Gasteiger partial charge in [-0.15, -0.1) is 11.3 Å². The largest absolute Gasteiger partial charge is 0.318 e. The molecule has 1 aromatic carbocycles. The van der Waals surface area contributed by atoms with Crippen LogP contribution in [-0.4, -0.2) is 0 Å². The van der Waals surface area contributed by atoms with Crippen molar-refractivity contribution in [3.63, 3.8) is 0 Å². The van der Waals surface area contributed by atoms with Crippen LogP contribution < -0.4 is 5.73 Å². The van der Waals surface area contributed by atoms with Crippen molar-refractivity contribution in [3.05, 3.63) is 56.2 Å². The molecular weight excluding hydrogens is 282 g/mol. The molecule has 1 heterocycles. The number of hydrogen-bond donors (Lipinski definition) is 1. The molecule has 0 spiro atoms. The molecule has 0 radical (unpaired) electrons. The quantitative estimate of drug-likeness (QED) is 0.889. The highest BCUT2D eigenvalue weighted by atomic mass is 79.9. The van der Waals surface area contributed by atoms with Gasteiger partial charge >= 0.3 is 0 Å². The Kier molecular flexibility index (Phi) is 3.19. The fourth-order valence-corrected chi connectivity index (χ4v) is 3.46. The van der Waals surface area contributed by atoms with Gasteiger partial charge in [0.2, 0.25) is 0 Å². The van der Waals surface area contributed by atoms with E-state index in [1.54, 1.807) is 11.3 Å². The molecular formula is C13H14BrNS. The first kappa shape index (κ1) is 11.8. The van der Waals surface area contributed by atoms with Gasteiger partial charge in [0, 0.05) is 9.35 Å². The topological polar surface area (TPSA) is 26.0 Å². The molecule has 1 atom stereocenters. The van der Waals surface area contributed by atoms with Gasteiger partial charge in [0.05, 0.1) is 5.54 Å². The second-order valence-corrected chi connectivity index (χ2v) is 6.05. The van der Waals surface area contributed by atoms with Crippen LogP contribution in [0.4, 0.5) is 0 Å². The molecule has 0 fully saturated rings. The molecule has 0 saturated carbocycles. The summed E-state index contributed by atoms with van der Waals surface area (Å²) in [5.74, 6) is 0. The van der Waals surface area contributed by atoms with Crippen LogP contribution in [0.15, 0.2) is 40.2 Å². The molecule has 0 aliphatic carbocycles. The lowest BCUT2D eigenvalue weighted by Crippen LogP contribution is -2.34. The van der Waals surface area contributed by atoms with Gasteiger partial charge in [0.25, 0.3) is 0 Å². The molecule has 16 heavy (non-hydrogen) atoms. The van der Waals surface area contributed by atoms with Crippen molar-refractivity contribution in [1.29, 1.82) is 0 Å². The summed E-state index contributed by atoms with van der Waals surface area (Å²) < 4.78 is 1.06. The molecule has 84 valence electrons. The molecule has 0 bridgehead atoms. The Labute approximate surface area is 108 Å². The number of nitrogens with two attached hydrogens (primary N) is 1. The number of hydrogen-bond acceptors (Lipinski definition) is 2. The average Bonchev–Trinajstić information content (AvgIpc) is 2.65. The lowest BCUT2D eigenvalue weighted by atomic mass is 9.86. The Hall–Kier alpha value is -0.640. The summed E-state index contributed by atoms with van der Waals surface area (Å²) in [6.07, 6.45) is 0. The Morgan fingerprint density at radius 3 is 2.44 bits per heavy atom. The van der Waals surface area contributed by atoms with E-state index in [1.807, 2.05) is 18.2 Å². The van der Waals surface area contributed by atoms with Crippen LogP contribution >= 0.6 is 27.3 Å². The van der Waals surface area contributed by atoms with Crippen LogP contribution in [-0.2, 0) is 5.54 Å². The number of thiophene rings is 1. The highest BCUT2D eigenvalue weighted by Crippen LogP contribution is 2.35. The van der Waals surface area contributed by atoms with Gasteiger partial charge in [-0.3, -0.25) is 0 Å². The predicted octanol–water partition coefficient (Wildman–Crippen LogP) is 4.04. The van der Waals surface area contributed by atoms with Gasteiger partial charge in [0.15, 0.2) is 0 Å². The van der Waals surface area contributed by atoms with Crippen molar-refractivity contribution in [3.8, 4) is 0 Å². The molecule has 2 aromatic rings. The van der Waals surface area contributed by atoms with Crippen molar-refractivity contribution in [2.24, 2.45) is 5.73 Å². The Morgan fingerprint density at radius 1 is 1.19 bits per heavy atom. The molecule has 0 aliphatic rings. The lowest BCUT2D eigenvalue weighted by Gasteiger charge is -2.26. The highest BCUT2D eigenvalue weighted by molar-refractivity contribution is 9.10. The summed E-state index contributed by atoms with van der Waals surface area (Å²) >= 11 is 5.30. The maximum Gasteiger partial charge on any atom is 0.0658 e. The molecule has 0 saturated heterocycles. The van der Waals surface area contributed by atoms with Crippen molar-refractivity contribution < 1.29 is 0 Å². The number of halogens is 1. The second-order valence-electron chi connectivity index (χ2n) is 4.07. The summed E-state index contributed by atoms with van der Waals surface area (Å²) in [5, 5.41) is 2.09. The highest BCUT2D eigenvalue weighted by Gasteiger charge is 2.27. The van der Waals surface area contributed by atoms with Crippen LogP contribution in [0.25, 0.3) is 0 Å². The van der Waals surface area contributed by atoms with E-state index in [2.05, 4.69) is 47.3 Å². The second kappa shape index (κ2) is 4.32. The third kappa shape index (κ3) is 1.95. The first-order chi connectivity index (χ1) is 7.53. The van der Waals surface area contributed by atoms with Crippen LogP contribution in [0, 0.1) is 6.92 Å². The summed E-state index contributed by atoms with van der Waals surface area (Å²) in [6.45, 7) is 4.17.